The molecule has 0 atom stereocenters. The maximum atomic E-state index is 12.5. The van der Waals surface area contributed by atoms with Gasteiger partial charge in [-0.3, -0.25) is 4.79 Å². The first-order chi connectivity index (χ1) is 11.1. The number of hydrogen-bond donors (Lipinski definition) is 0. The lowest BCUT2D eigenvalue weighted by molar-refractivity contribution is 0.104. The van der Waals surface area contributed by atoms with Gasteiger partial charge in [-0.25, -0.2) is 0 Å². The monoisotopic (exact) mass is 436 g/mol. The van der Waals surface area contributed by atoms with E-state index in [0.29, 0.717) is 34.7 Å². The highest BCUT2D eigenvalue weighted by atomic mass is 79.9. The Labute approximate surface area is 151 Å². The fraction of sp³-hybridized carbons (Fsp3) is 0.167. The minimum absolute atomic E-state index is 0.0876. The van der Waals surface area contributed by atoms with Crippen molar-refractivity contribution in [3.05, 3.63) is 62.5 Å². The number of halogens is 2. The van der Waals surface area contributed by atoms with Crippen molar-refractivity contribution >= 4 is 43.7 Å². The Morgan fingerprint density at radius 1 is 1.00 bits per heavy atom. The van der Waals surface area contributed by atoms with Crippen LogP contribution in [0.3, 0.4) is 0 Å². The highest BCUT2D eigenvalue weighted by Gasteiger charge is 2.16. The quantitative estimate of drug-likeness (QED) is 0.484. The number of carbonyl (C=O) groups is 1. The van der Waals surface area contributed by atoms with Gasteiger partial charge in [0.05, 0.1) is 13.2 Å². The zero-order valence-electron chi connectivity index (χ0n) is 12.2. The number of fused-ring (bicyclic) bond motifs is 1. The zero-order valence-corrected chi connectivity index (χ0v) is 15.4. The van der Waals surface area contributed by atoms with E-state index < -0.39 is 0 Å². The highest BCUT2D eigenvalue weighted by molar-refractivity contribution is 9.10. The molecule has 118 valence electrons. The van der Waals surface area contributed by atoms with Gasteiger partial charge in [-0.1, -0.05) is 34.1 Å². The van der Waals surface area contributed by atoms with Gasteiger partial charge in [-0.15, -0.1) is 0 Å². The van der Waals surface area contributed by atoms with E-state index in [0.717, 1.165) is 16.5 Å². The number of allylic oxidation sites excluding steroid dienone is 1. The van der Waals surface area contributed by atoms with E-state index in [1.165, 1.54) is 0 Å². The van der Waals surface area contributed by atoms with E-state index in [-0.39, 0.29) is 5.78 Å². The molecule has 1 heterocycles. The van der Waals surface area contributed by atoms with Crippen LogP contribution in [0.1, 0.15) is 22.3 Å². The molecule has 0 unspecified atom stereocenters. The van der Waals surface area contributed by atoms with Crippen molar-refractivity contribution < 1.29 is 14.3 Å². The molecule has 1 aliphatic rings. The largest absolute Gasteiger partial charge is 0.490 e. The average molecular weight is 438 g/mol. The predicted molar refractivity (Wildman–Crippen MR) is 97.3 cm³/mol. The van der Waals surface area contributed by atoms with E-state index in [1.807, 2.05) is 24.3 Å². The molecular weight excluding hydrogens is 424 g/mol. The summed E-state index contributed by atoms with van der Waals surface area (Å²) in [5.41, 5.74) is 1.52. The van der Waals surface area contributed by atoms with Gasteiger partial charge in [-0.2, -0.15) is 0 Å². The van der Waals surface area contributed by atoms with Gasteiger partial charge in [0.25, 0.3) is 0 Å². The Bertz CT molecular complexity index is 752. The molecule has 0 amide bonds. The van der Waals surface area contributed by atoms with Gasteiger partial charge in [0, 0.05) is 20.9 Å². The summed E-state index contributed by atoms with van der Waals surface area (Å²) in [5.74, 6) is 1.20. The van der Waals surface area contributed by atoms with E-state index in [1.54, 1.807) is 24.3 Å². The Kier molecular flexibility index (Phi) is 5.18. The first-order valence-corrected chi connectivity index (χ1v) is 8.79. The molecule has 2 aromatic rings. The molecular formula is C18H14Br2O3. The second-order valence-corrected chi connectivity index (χ2v) is 6.85. The molecule has 0 N–H and O–H groups in total. The van der Waals surface area contributed by atoms with Crippen LogP contribution in [0, 0.1) is 0 Å². The fourth-order valence-electron chi connectivity index (χ4n) is 2.21. The summed E-state index contributed by atoms with van der Waals surface area (Å²) in [6.07, 6.45) is 4.19. The van der Waals surface area contributed by atoms with Gasteiger partial charge >= 0.3 is 0 Å². The van der Waals surface area contributed by atoms with Crippen molar-refractivity contribution in [3.63, 3.8) is 0 Å². The maximum absolute atomic E-state index is 12.5. The standard InChI is InChI=1S/C18H14Br2O3/c19-13-5-2-12(3-6-13)4-7-16(21)14-10-17-18(11-15(14)20)23-9-1-8-22-17/h2-7,10-11H,1,8-9H2/b7-4+. The molecule has 0 saturated carbocycles. The lowest BCUT2D eigenvalue weighted by Gasteiger charge is -2.10. The lowest BCUT2D eigenvalue weighted by atomic mass is 10.1. The van der Waals surface area contributed by atoms with Gasteiger partial charge in [-0.05, 0) is 51.8 Å². The minimum atomic E-state index is -0.0876. The smallest absolute Gasteiger partial charge is 0.187 e. The van der Waals surface area contributed by atoms with Crippen LogP contribution in [0.4, 0.5) is 0 Å². The summed E-state index contributed by atoms with van der Waals surface area (Å²) in [6, 6.07) is 11.3. The van der Waals surface area contributed by atoms with E-state index in [9.17, 15) is 4.79 Å². The lowest BCUT2D eigenvalue weighted by Crippen LogP contribution is -1.99. The van der Waals surface area contributed by atoms with Crippen LogP contribution in [0.15, 0.2) is 51.4 Å². The second kappa shape index (κ2) is 7.32. The van der Waals surface area contributed by atoms with Crippen molar-refractivity contribution in [1.29, 1.82) is 0 Å². The summed E-state index contributed by atoms with van der Waals surface area (Å²) in [5, 5.41) is 0. The van der Waals surface area contributed by atoms with Crippen molar-refractivity contribution in [2.45, 2.75) is 6.42 Å². The van der Waals surface area contributed by atoms with Crippen LogP contribution in [0.2, 0.25) is 0 Å². The molecule has 3 rings (SSSR count). The van der Waals surface area contributed by atoms with Crippen molar-refractivity contribution in [2.75, 3.05) is 13.2 Å². The average Bonchev–Trinajstić information content (AvgIpc) is 2.78. The SMILES string of the molecule is O=C(/C=C/c1ccc(Br)cc1)c1cc2c(cc1Br)OCCCO2. The number of ketones is 1. The Morgan fingerprint density at radius 2 is 1.65 bits per heavy atom. The summed E-state index contributed by atoms with van der Waals surface area (Å²) in [6.45, 7) is 1.22. The summed E-state index contributed by atoms with van der Waals surface area (Å²) in [7, 11) is 0. The highest BCUT2D eigenvalue weighted by Crippen LogP contribution is 2.35. The third kappa shape index (κ3) is 4.03. The molecule has 3 nitrogen and oxygen atoms in total. The number of rotatable bonds is 3. The van der Waals surface area contributed by atoms with Crippen molar-refractivity contribution in [3.8, 4) is 11.5 Å². The van der Waals surface area contributed by atoms with E-state index in [2.05, 4.69) is 31.9 Å². The molecule has 0 aliphatic carbocycles. The minimum Gasteiger partial charge on any atom is -0.490 e. The van der Waals surface area contributed by atoms with Crippen LogP contribution < -0.4 is 9.47 Å². The van der Waals surface area contributed by atoms with Gasteiger partial charge in [0.1, 0.15) is 0 Å². The summed E-state index contributed by atoms with van der Waals surface area (Å²) in [4.78, 5) is 12.5. The molecule has 0 radical (unpaired) electrons. The molecule has 0 saturated heterocycles. The molecule has 5 heteroatoms. The maximum Gasteiger partial charge on any atom is 0.187 e. The van der Waals surface area contributed by atoms with Crippen molar-refractivity contribution in [1.82, 2.24) is 0 Å². The normalized spacial score (nSPS) is 13.8. The molecule has 0 bridgehead atoms. The molecule has 23 heavy (non-hydrogen) atoms. The summed E-state index contributed by atoms with van der Waals surface area (Å²) >= 11 is 6.83. The Balaban J connectivity index is 1.84. The van der Waals surface area contributed by atoms with Gasteiger partial charge < -0.3 is 9.47 Å². The summed E-state index contributed by atoms with van der Waals surface area (Å²) < 4.78 is 13.0. The third-order valence-corrected chi connectivity index (χ3v) is 4.58. The topological polar surface area (TPSA) is 35.5 Å². The van der Waals surface area contributed by atoms with Gasteiger partial charge in [0.2, 0.25) is 0 Å². The fourth-order valence-corrected chi connectivity index (χ4v) is 2.99. The van der Waals surface area contributed by atoms with E-state index in [4.69, 9.17) is 9.47 Å². The first kappa shape index (κ1) is 16.3. The predicted octanol–water partition coefficient (Wildman–Crippen LogP) is 5.27. The molecule has 1 aliphatic heterocycles. The van der Waals surface area contributed by atoms with Gasteiger partial charge in [0.15, 0.2) is 17.3 Å². The van der Waals surface area contributed by atoms with Crippen LogP contribution in [0.5, 0.6) is 11.5 Å². The third-order valence-electron chi connectivity index (χ3n) is 3.40. The number of hydrogen-bond acceptors (Lipinski definition) is 3. The molecule has 0 aromatic heterocycles. The zero-order chi connectivity index (χ0) is 16.2. The molecule has 2 aromatic carbocycles. The van der Waals surface area contributed by atoms with E-state index >= 15 is 0 Å². The Morgan fingerprint density at radius 3 is 2.35 bits per heavy atom. The Hall–Kier alpha value is -1.59. The van der Waals surface area contributed by atoms with Crippen LogP contribution >= 0.6 is 31.9 Å². The molecule has 0 fully saturated rings. The first-order valence-electron chi connectivity index (χ1n) is 7.20. The van der Waals surface area contributed by atoms with Crippen LogP contribution in [-0.4, -0.2) is 19.0 Å². The number of carbonyl (C=O) groups excluding carboxylic acids is 1. The van der Waals surface area contributed by atoms with Crippen molar-refractivity contribution in [2.24, 2.45) is 0 Å². The van der Waals surface area contributed by atoms with Crippen LogP contribution in [-0.2, 0) is 0 Å². The second-order valence-electron chi connectivity index (χ2n) is 5.08. The molecule has 0 spiro atoms. The number of benzene rings is 2. The number of ether oxygens (including phenoxy) is 2. The van der Waals surface area contributed by atoms with Crippen LogP contribution in [0.25, 0.3) is 6.08 Å².